The molecule has 1 N–H and O–H groups in total. The van der Waals surface area contributed by atoms with Crippen LogP contribution in [-0.2, 0) is 0 Å². The first kappa shape index (κ1) is 9.74. The maximum atomic E-state index is 11.2. The van der Waals surface area contributed by atoms with E-state index in [1.54, 1.807) is 6.07 Å². The molecule has 14 heavy (non-hydrogen) atoms. The minimum absolute atomic E-state index is 0.0101. The van der Waals surface area contributed by atoms with Crippen molar-refractivity contribution in [2.75, 3.05) is 0 Å². The quantitative estimate of drug-likeness (QED) is 0.787. The summed E-state index contributed by atoms with van der Waals surface area (Å²) in [5, 5.41) is 1.50. The Bertz CT molecular complexity index is 518. The first-order valence-corrected chi connectivity index (χ1v) is 5.25. The molecule has 1 heterocycles. The van der Waals surface area contributed by atoms with Gasteiger partial charge in [-0.25, -0.2) is 0 Å². The number of aromatic nitrogens is 1. The van der Waals surface area contributed by atoms with Gasteiger partial charge in [-0.1, -0.05) is 17.7 Å². The fraction of sp³-hybridized carbons (Fsp3) is 0.100. The minimum Gasteiger partial charge on any atom is -0.351 e. The standard InChI is InChI=1S/C10H7BrClNO/c1-5(14)10-9(11)8-6(12)3-2-4-7(8)13-10/h2-4,13H,1H3. The monoisotopic (exact) mass is 271 g/mol. The topological polar surface area (TPSA) is 32.9 Å². The number of hydrogen-bond acceptors (Lipinski definition) is 1. The average Bonchev–Trinajstić information content (AvgIpc) is 2.45. The average molecular weight is 273 g/mol. The number of benzene rings is 1. The van der Waals surface area contributed by atoms with E-state index in [-0.39, 0.29) is 5.78 Å². The van der Waals surface area contributed by atoms with E-state index >= 15 is 0 Å². The molecule has 0 bridgehead atoms. The molecular weight excluding hydrogens is 265 g/mol. The van der Waals surface area contributed by atoms with Crippen LogP contribution in [0.25, 0.3) is 10.9 Å². The van der Waals surface area contributed by atoms with Crippen molar-refractivity contribution in [3.05, 3.63) is 33.4 Å². The van der Waals surface area contributed by atoms with Gasteiger partial charge in [0.1, 0.15) is 0 Å². The number of rotatable bonds is 1. The van der Waals surface area contributed by atoms with E-state index in [1.807, 2.05) is 12.1 Å². The van der Waals surface area contributed by atoms with Crippen LogP contribution in [0.2, 0.25) is 5.02 Å². The van der Waals surface area contributed by atoms with Crippen LogP contribution in [0.1, 0.15) is 17.4 Å². The summed E-state index contributed by atoms with van der Waals surface area (Å²) in [6.07, 6.45) is 0. The molecule has 2 aromatic rings. The van der Waals surface area contributed by atoms with E-state index in [4.69, 9.17) is 11.6 Å². The summed E-state index contributed by atoms with van der Waals surface area (Å²) in [6.45, 7) is 1.52. The Kier molecular flexibility index (Phi) is 2.37. The summed E-state index contributed by atoms with van der Waals surface area (Å²) >= 11 is 9.39. The zero-order valence-electron chi connectivity index (χ0n) is 7.40. The normalized spacial score (nSPS) is 10.8. The lowest BCUT2D eigenvalue weighted by molar-refractivity contribution is 0.101. The van der Waals surface area contributed by atoms with E-state index in [9.17, 15) is 4.79 Å². The van der Waals surface area contributed by atoms with Crippen molar-refractivity contribution in [1.82, 2.24) is 4.98 Å². The maximum absolute atomic E-state index is 11.2. The van der Waals surface area contributed by atoms with Crippen LogP contribution in [-0.4, -0.2) is 10.8 Å². The van der Waals surface area contributed by atoms with E-state index < -0.39 is 0 Å². The lowest BCUT2D eigenvalue weighted by Crippen LogP contribution is -1.91. The van der Waals surface area contributed by atoms with Crippen molar-refractivity contribution >= 4 is 44.2 Å². The molecule has 1 aromatic heterocycles. The molecule has 2 rings (SSSR count). The predicted octanol–water partition coefficient (Wildman–Crippen LogP) is 3.79. The van der Waals surface area contributed by atoms with Crippen molar-refractivity contribution in [2.24, 2.45) is 0 Å². The highest BCUT2D eigenvalue weighted by Crippen LogP contribution is 2.33. The maximum Gasteiger partial charge on any atom is 0.177 e. The number of aromatic amines is 1. The molecule has 1 aromatic carbocycles. The van der Waals surface area contributed by atoms with Gasteiger partial charge in [-0.3, -0.25) is 4.79 Å². The molecule has 0 fully saturated rings. The number of hydrogen-bond donors (Lipinski definition) is 1. The first-order chi connectivity index (χ1) is 6.61. The molecule has 0 unspecified atom stereocenters. The van der Waals surface area contributed by atoms with Crippen molar-refractivity contribution in [3.63, 3.8) is 0 Å². The molecule has 0 spiro atoms. The predicted molar refractivity (Wildman–Crippen MR) is 61.0 cm³/mol. The number of carbonyl (C=O) groups excluding carboxylic acids is 1. The minimum atomic E-state index is -0.0101. The van der Waals surface area contributed by atoms with Crippen molar-refractivity contribution in [1.29, 1.82) is 0 Å². The van der Waals surface area contributed by atoms with Crippen LogP contribution in [0.4, 0.5) is 0 Å². The molecule has 0 aliphatic carbocycles. The van der Waals surface area contributed by atoms with Gasteiger partial charge in [0.2, 0.25) is 0 Å². The number of Topliss-reactive ketones (excluding diaryl/α,β-unsaturated/α-hetero) is 1. The Morgan fingerprint density at radius 1 is 1.50 bits per heavy atom. The van der Waals surface area contributed by atoms with Crippen LogP contribution < -0.4 is 0 Å². The lowest BCUT2D eigenvalue weighted by Gasteiger charge is -1.93. The Hall–Kier alpha value is -0.800. The summed E-state index contributed by atoms with van der Waals surface area (Å²) in [5.74, 6) is -0.0101. The van der Waals surface area contributed by atoms with Gasteiger partial charge >= 0.3 is 0 Å². The van der Waals surface area contributed by atoms with E-state index in [0.29, 0.717) is 10.7 Å². The summed E-state index contributed by atoms with van der Waals surface area (Å²) in [6, 6.07) is 5.53. The number of fused-ring (bicyclic) bond motifs is 1. The van der Waals surface area contributed by atoms with Crippen molar-refractivity contribution in [2.45, 2.75) is 6.92 Å². The zero-order chi connectivity index (χ0) is 10.3. The smallest absolute Gasteiger partial charge is 0.177 e. The van der Waals surface area contributed by atoms with Crippen LogP contribution in [0.15, 0.2) is 22.7 Å². The van der Waals surface area contributed by atoms with Gasteiger partial charge in [-0.15, -0.1) is 0 Å². The Morgan fingerprint density at radius 2 is 2.21 bits per heavy atom. The number of halogens is 2. The van der Waals surface area contributed by atoms with Gasteiger partial charge in [0, 0.05) is 17.8 Å². The largest absolute Gasteiger partial charge is 0.351 e. The number of carbonyl (C=O) groups is 1. The third-order valence-corrected chi connectivity index (χ3v) is 3.17. The lowest BCUT2D eigenvalue weighted by atomic mass is 10.2. The highest BCUT2D eigenvalue weighted by molar-refractivity contribution is 9.10. The third-order valence-electron chi connectivity index (χ3n) is 2.06. The zero-order valence-corrected chi connectivity index (χ0v) is 9.74. The molecule has 0 radical (unpaired) electrons. The molecule has 0 saturated carbocycles. The molecule has 72 valence electrons. The van der Waals surface area contributed by atoms with Crippen LogP contribution >= 0.6 is 27.5 Å². The van der Waals surface area contributed by atoms with Gasteiger partial charge in [-0.05, 0) is 28.1 Å². The highest BCUT2D eigenvalue weighted by atomic mass is 79.9. The van der Waals surface area contributed by atoms with Crippen LogP contribution in [0, 0.1) is 0 Å². The molecule has 0 aliphatic rings. The molecule has 0 amide bonds. The summed E-state index contributed by atoms with van der Waals surface area (Å²) in [4.78, 5) is 14.3. The molecule has 0 atom stereocenters. The SMILES string of the molecule is CC(=O)c1[nH]c2cccc(Cl)c2c1Br. The van der Waals surface area contributed by atoms with E-state index in [0.717, 1.165) is 15.4 Å². The fourth-order valence-electron chi connectivity index (χ4n) is 1.41. The molecule has 0 saturated heterocycles. The number of nitrogens with one attached hydrogen (secondary N) is 1. The molecule has 2 nitrogen and oxygen atoms in total. The summed E-state index contributed by atoms with van der Waals surface area (Å²) in [5.41, 5.74) is 1.43. The second-order valence-electron chi connectivity index (χ2n) is 3.03. The fourth-order valence-corrected chi connectivity index (χ4v) is 2.60. The van der Waals surface area contributed by atoms with Gasteiger partial charge in [0.15, 0.2) is 5.78 Å². The number of H-pyrrole nitrogens is 1. The molecular formula is C10H7BrClNO. The van der Waals surface area contributed by atoms with Gasteiger partial charge < -0.3 is 4.98 Å². The highest BCUT2D eigenvalue weighted by Gasteiger charge is 2.14. The number of ketones is 1. The first-order valence-electron chi connectivity index (χ1n) is 4.08. The molecule has 4 heteroatoms. The third kappa shape index (κ3) is 1.37. The Morgan fingerprint density at radius 3 is 2.79 bits per heavy atom. The summed E-state index contributed by atoms with van der Waals surface area (Å²) < 4.78 is 0.741. The van der Waals surface area contributed by atoms with E-state index in [2.05, 4.69) is 20.9 Å². The Balaban J connectivity index is 2.87. The van der Waals surface area contributed by atoms with E-state index in [1.165, 1.54) is 6.92 Å². The van der Waals surface area contributed by atoms with Crippen LogP contribution in [0.5, 0.6) is 0 Å². The van der Waals surface area contributed by atoms with Gasteiger partial charge in [-0.2, -0.15) is 0 Å². The second-order valence-corrected chi connectivity index (χ2v) is 4.23. The second kappa shape index (κ2) is 3.41. The van der Waals surface area contributed by atoms with Gasteiger partial charge in [0.05, 0.1) is 15.2 Å². The van der Waals surface area contributed by atoms with Gasteiger partial charge in [0.25, 0.3) is 0 Å². The summed E-state index contributed by atoms with van der Waals surface area (Å²) in [7, 11) is 0. The van der Waals surface area contributed by atoms with Crippen molar-refractivity contribution < 1.29 is 4.79 Å². The molecule has 0 aliphatic heterocycles. The van der Waals surface area contributed by atoms with Crippen LogP contribution in [0.3, 0.4) is 0 Å². The Labute approximate surface area is 94.4 Å². The van der Waals surface area contributed by atoms with Crippen molar-refractivity contribution in [3.8, 4) is 0 Å².